The minimum atomic E-state index is -0.257. The zero-order valence-corrected chi connectivity index (χ0v) is 19.7. The maximum atomic E-state index is 12.6. The van der Waals surface area contributed by atoms with E-state index in [1.165, 1.54) is 0 Å². The van der Waals surface area contributed by atoms with E-state index < -0.39 is 0 Å². The second kappa shape index (κ2) is 11.8. The first-order valence-electron chi connectivity index (χ1n) is 10.1. The number of hydrogen-bond acceptors (Lipinski definition) is 7. The van der Waals surface area contributed by atoms with Gasteiger partial charge in [-0.1, -0.05) is 29.3 Å². The van der Waals surface area contributed by atoms with E-state index >= 15 is 0 Å². The number of ether oxygens (including phenoxy) is 2. The summed E-state index contributed by atoms with van der Waals surface area (Å²) in [6.45, 7) is 6.33. The van der Waals surface area contributed by atoms with Crippen molar-refractivity contribution < 1.29 is 9.47 Å². The van der Waals surface area contributed by atoms with Crippen LogP contribution in [0.5, 0.6) is 0 Å². The van der Waals surface area contributed by atoms with Gasteiger partial charge in [0, 0.05) is 26.2 Å². The maximum absolute atomic E-state index is 12.6. The van der Waals surface area contributed by atoms with Gasteiger partial charge < -0.3 is 14.8 Å². The molecule has 1 aromatic carbocycles. The van der Waals surface area contributed by atoms with E-state index in [0.717, 1.165) is 38.4 Å². The molecule has 0 atom stereocenters. The predicted molar refractivity (Wildman–Crippen MR) is 127 cm³/mol. The average molecular weight is 504 g/mol. The number of anilines is 1. The van der Waals surface area contributed by atoms with Crippen molar-refractivity contribution in [2.75, 3.05) is 51.4 Å². The van der Waals surface area contributed by atoms with Gasteiger partial charge in [-0.15, -0.1) is 12.4 Å². The van der Waals surface area contributed by atoms with Crippen molar-refractivity contribution in [3.05, 3.63) is 50.4 Å². The van der Waals surface area contributed by atoms with E-state index in [2.05, 4.69) is 25.3 Å². The number of fused-ring (bicyclic) bond motifs is 1. The summed E-state index contributed by atoms with van der Waals surface area (Å²) < 4.78 is 12.7. The number of morpholine rings is 1. The molecule has 1 saturated heterocycles. The molecule has 1 fully saturated rings. The molecule has 1 aliphatic rings. The van der Waals surface area contributed by atoms with Gasteiger partial charge >= 0.3 is 0 Å². The highest BCUT2D eigenvalue weighted by atomic mass is 35.5. The van der Waals surface area contributed by atoms with E-state index in [9.17, 15) is 4.79 Å². The van der Waals surface area contributed by atoms with E-state index in [1.54, 1.807) is 23.0 Å². The molecule has 4 rings (SSSR count). The summed E-state index contributed by atoms with van der Waals surface area (Å²) in [7, 11) is 0. The van der Waals surface area contributed by atoms with Gasteiger partial charge in [0.25, 0.3) is 5.56 Å². The van der Waals surface area contributed by atoms with Crippen LogP contribution in [-0.2, 0) is 22.6 Å². The van der Waals surface area contributed by atoms with E-state index in [0.29, 0.717) is 53.3 Å². The minimum absolute atomic E-state index is 0. The lowest BCUT2D eigenvalue weighted by Gasteiger charge is -2.26. The molecule has 1 aliphatic heterocycles. The summed E-state index contributed by atoms with van der Waals surface area (Å²) in [6, 6.07) is 5.35. The lowest BCUT2D eigenvalue weighted by atomic mass is 10.2. The molecule has 3 heterocycles. The molecular weight excluding hydrogens is 479 g/mol. The number of nitrogens with zero attached hydrogens (tertiary/aromatic N) is 4. The molecule has 0 unspecified atom stereocenters. The number of benzene rings is 1. The third-order valence-corrected chi connectivity index (χ3v) is 5.79. The Balaban J connectivity index is 0.00000289. The van der Waals surface area contributed by atoms with Gasteiger partial charge in [-0.3, -0.25) is 19.4 Å². The van der Waals surface area contributed by atoms with Crippen LogP contribution < -0.4 is 10.9 Å². The van der Waals surface area contributed by atoms with Crippen molar-refractivity contribution in [2.45, 2.75) is 13.1 Å². The Bertz CT molecular complexity index is 1080. The Labute approximate surface area is 201 Å². The molecule has 2 N–H and O–H groups in total. The molecule has 0 radical (unpaired) electrons. The molecule has 0 aliphatic carbocycles. The van der Waals surface area contributed by atoms with Crippen molar-refractivity contribution in [3.63, 3.8) is 0 Å². The SMILES string of the molecule is Cl.O=c1[nH]c(NCc2ccc(Cl)c(Cl)c2)nc2cnn(CCOCCN3CCOCC3)c12. The fourth-order valence-corrected chi connectivity index (χ4v) is 3.69. The molecule has 174 valence electrons. The number of halogens is 3. The Hall–Kier alpha value is -1.88. The summed E-state index contributed by atoms with van der Waals surface area (Å²) in [5.74, 6) is 0.366. The Kier molecular flexibility index (Phi) is 9.15. The molecule has 0 spiro atoms. The molecule has 0 bridgehead atoms. The van der Waals surface area contributed by atoms with E-state index in [1.807, 2.05) is 6.07 Å². The number of aromatic amines is 1. The highest BCUT2D eigenvalue weighted by Gasteiger charge is 2.12. The quantitative estimate of drug-likeness (QED) is 0.433. The van der Waals surface area contributed by atoms with Crippen LogP contribution >= 0.6 is 35.6 Å². The van der Waals surface area contributed by atoms with Crippen LogP contribution in [0, 0.1) is 0 Å². The molecule has 32 heavy (non-hydrogen) atoms. The summed E-state index contributed by atoms with van der Waals surface area (Å²) in [5.41, 5.74) is 1.61. The van der Waals surface area contributed by atoms with Crippen molar-refractivity contribution >= 4 is 52.6 Å². The normalized spacial score (nSPS) is 14.4. The lowest BCUT2D eigenvalue weighted by molar-refractivity contribution is 0.0194. The van der Waals surface area contributed by atoms with E-state index in [-0.39, 0.29) is 18.0 Å². The van der Waals surface area contributed by atoms with Gasteiger partial charge in [-0.25, -0.2) is 4.98 Å². The molecule has 0 amide bonds. The third-order valence-electron chi connectivity index (χ3n) is 5.05. The van der Waals surface area contributed by atoms with Crippen LogP contribution in [0.3, 0.4) is 0 Å². The number of nitrogens with one attached hydrogen (secondary N) is 2. The van der Waals surface area contributed by atoms with Crippen molar-refractivity contribution in [1.29, 1.82) is 0 Å². The van der Waals surface area contributed by atoms with Gasteiger partial charge in [-0.2, -0.15) is 5.10 Å². The smallest absolute Gasteiger partial charge is 0.278 e. The molecule has 9 nitrogen and oxygen atoms in total. The van der Waals surface area contributed by atoms with Crippen LogP contribution in [0.1, 0.15) is 5.56 Å². The van der Waals surface area contributed by atoms with E-state index in [4.69, 9.17) is 32.7 Å². The molecule has 0 saturated carbocycles. The van der Waals surface area contributed by atoms with Gasteiger partial charge in [-0.05, 0) is 17.7 Å². The topological polar surface area (TPSA) is 97.3 Å². The predicted octanol–water partition coefficient (Wildman–Crippen LogP) is 2.81. The fourth-order valence-electron chi connectivity index (χ4n) is 3.37. The molecule has 2 aromatic heterocycles. The van der Waals surface area contributed by atoms with Crippen LogP contribution in [-0.4, -0.2) is 70.7 Å². The monoisotopic (exact) mass is 502 g/mol. The average Bonchev–Trinajstić information content (AvgIpc) is 3.18. The van der Waals surface area contributed by atoms with Crippen molar-refractivity contribution in [1.82, 2.24) is 24.6 Å². The minimum Gasteiger partial charge on any atom is -0.379 e. The Morgan fingerprint density at radius 3 is 2.72 bits per heavy atom. The first-order chi connectivity index (χ1) is 15.1. The summed E-state index contributed by atoms with van der Waals surface area (Å²) in [4.78, 5) is 22.1. The van der Waals surface area contributed by atoms with Crippen LogP contribution in [0.4, 0.5) is 5.95 Å². The Morgan fingerprint density at radius 1 is 1.16 bits per heavy atom. The second-order valence-electron chi connectivity index (χ2n) is 7.18. The van der Waals surface area contributed by atoms with Gasteiger partial charge in [0.2, 0.25) is 5.95 Å². The third kappa shape index (κ3) is 6.34. The van der Waals surface area contributed by atoms with Gasteiger partial charge in [0.05, 0.1) is 49.2 Å². The van der Waals surface area contributed by atoms with Crippen molar-refractivity contribution in [3.8, 4) is 0 Å². The highest BCUT2D eigenvalue weighted by Crippen LogP contribution is 2.22. The molecular formula is C20H25Cl3N6O3. The number of rotatable bonds is 9. The fraction of sp³-hybridized carbons (Fsp3) is 0.450. The maximum Gasteiger partial charge on any atom is 0.278 e. The zero-order valence-electron chi connectivity index (χ0n) is 17.4. The standard InChI is InChI=1S/C20H24Cl2N6O3.ClH/c21-15-2-1-14(11-16(15)22)12-23-20-25-17-13-24-28(18(17)19(29)26-20)6-10-31-9-5-27-3-7-30-8-4-27;/h1-2,11,13H,3-10,12H2,(H2,23,25,26,29);1H. The van der Waals surface area contributed by atoms with Gasteiger partial charge in [0.15, 0.2) is 5.52 Å². The van der Waals surface area contributed by atoms with Crippen molar-refractivity contribution in [2.24, 2.45) is 0 Å². The summed E-state index contributed by atoms with van der Waals surface area (Å²) in [5, 5.41) is 8.36. The largest absolute Gasteiger partial charge is 0.379 e. The first kappa shape index (κ1) is 24.8. The zero-order chi connectivity index (χ0) is 21.6. The molecule has 12 heteroatoms. The highest BCUT2D eigenvalue weighted by molar-refractivity contribution is 6.42. The van der Waals surface area contributed by atoms with Crippen LogP contribution in [0.15, 0.2) is 29.2 Å². The summed E-state index contributed by atoms with van der Waals surface area (Å²) >= 11 is 12.0. The Morgan fingerprint density at radius 2 is 1.94 bits per heavy atom. The van der Waals surface area contributed by atoms with Gasteiger partial charge in [0.1, 0.15) is 5.52 Å². The van der Waals surface area contributed by atoms with Crippen LogP contribution in [0.2, 0.25) is 10.0 Å². The number of H-pyrrole nitrogens is 1. The second-order valence-corrected chi connectivity index (χ2v) is 8.00. The lowest BCUT2D eigenvalue weighted by Crippen LogP contribution is -2.38. The number of aromatic nitrogens is 4. The van der Waals surface area contributed by atoms with Crippen LogP contribution in [0.25, 0.3) is 11.0 Å². The first-order valence-corrected chi connectivity index (χ1v) is 10.9. The summed E-state index contributed by atoms with van der Waals surface area (Å²) in [6.07, 6.45) is 1.59. The molecule has 3 aromatic rings. The number of hydrogen-bond donors (Lipinski definition) is 2.